The molecule has 1 aliphatic rings. The minimum atomic E-state index is -0.414. The number of hydrogen-bond donors (Lipinski definition) is 2. The summed E-state index contributed by atoms with van der Waals surface area (Å²) in [7, 11) is 0. The highest BCUT2D eigenvalue weighted by Crippen LogP contribution is 2.21. The highest BCUT2D eigenvalue weighted by molar-refractivity contribution is 5.79. The molecule has 2 N–H and O–H groups in total. The van der Waals surface area contributed by atoms with Crippen molar-refractivity contribution in [2.45, 2.75) is 18.9 Å². The molecule has 19 heavy (non-hydrogen) atoms. The lowest BCUT2D eigenvalue weighted by Gasteiger charge is -2.22. The van der Waals surface area contributed by atoms with Crippen molar-refractivity contribution in [2.24, 2.45) is 0 Å². The Kier molecular flexibility index (Phi) is 3.04. The first kappa shape index (κ1) is 11.9. The van der Waals surface area contributed by atoms with Gasteiger partial charge in [0.25, 0.3) is 5.69 Å². The van der Waals surface area contributed by atoms with Crippen molar-refractivity contribution in [2.75, 3.05) is 18.5 Å². The maximum absolute atomic E-state index is 10.7. The van der Waals surface area contributed by atoms with Crippen molar-refractivity contribution in [3.05, 3.63) is 28.3 Å². The van der Waals surface area contributed by atoms with E-state index in [1.807, 2.05) is 0 Å². The SMILES string of the molecule is O=[N+]([O-])c1ccc2nc(NC3CCCOC3)[nH]c2c1. The van der Waals surface area contributed by atoms with Gasteiger partial charge in [0.05, 0.1) is 28.6 Å². The van der Waals surface area contributed by atoms with Crippen molar-refractivity contribution in [3.8, 4) is 0 Å². The number of H-pyrrole nitrogens is 1. The van der Waals surface area contributed by atoms with Crippen LogP contribution in [0, 0.1) is 10.1 Å². The van der Waals surface area contributed by atoms with E-state index in [9.17, 15) is 10.1 Å². The van der Waals surface area contributed by atoms with Crippen LogP contribution in [0.25, 0.3) is 11.0 Å². The molecule has 1 saturated heterocycles. The average molecular weight is 262 g/mol. The van der Waals surface area contributed by atoms with Crippen LogP contribution in [0.15, 0.2) is 18.2 Å². The van der Waals surface area contributed by atoms with E-state index in [0.717, 1.165) is 19.4 Å². The normalized spacial score (nSPS) is 19.5. The number of non-ortho nitro benzene ring substituents is 1. The predicted octanol–water partition coefficient (Wildman–Crippen LogP) is 2.06. The largest absolute Gasteiger partial charge is 0.379 e. The number of rotatable bonds is 3. The molecule has 1 fully saturated rings. The molecular formula is C12H14N4O3. The van der Waals surface area contributed by atoms with Gasteiger partial charge in [-0.1, -0.05) is 0 Å². The fraction of sp³-hybridized carbons (Fsp3) is 0.417. The second-order valence-corrected chi connectivity index (χ2v) is 4.60. The highest BCUT2D eigenvalue weighted by atomic mass is 16.6. The molecule has 7 nitrogen and oxygen atoms in total. The number of ether oxygens (including phenoxy) is 1. The smallest absolute Gasteiger partial charge is 0.271 e. The number of hydrogen-bond acceptors (Lipinski definition) is 5. The van der Waals surface area contributed by atoms with Gasteiger partial charge in [-0.2, -0.15) is 0 Å². The summed E-state index contributed by atoms with van der Waals surface area (Å²) in [6.07, 6.45) is 2.07. The molecule has 0 spiro atoms. The Hall–Kier alpha value is -2.15. The Labute approximate surface area is 109 Å². The highest BCUT2D eigenvalue weighted by Gasteiger charge is 2.15. The van der Waals surface area contributed by atoms with E-state index >= 15 is 0 Å². The first-order chi connectivity index (χ1) is 9.22. The third-order valence-corrected chi connectivity index (χ3v) is 3.18. The summed E-state index contributed by atoms with van der Waals surface area (Å²) in [5.41, 5.74) is 1.43. The number of fused-ring (bicyclic) bond motifs is 1. The summed E-state index contributed by atoms with van der Waals surface area (Å²) in [6, 6.07) is 4.83. The van der Waals surface area contributed by atoms with Gasteiger partial charge in [0, 0.05) is 18.7 Å². The lowest BCUT2D eigenvalue weighted by molar-refractivity contribution is -0.384. The second kappa shape index (κ2) is 4.85. The van der Waals surface area contributed by atoms with Crippen molar-refractivity contribution < 1.29 is 9.66 Å². The molecule has 1 aromatic carbocycles. The van der Waals surface area contributed by atoms with Crippen molar-refractivity contribution >= 4 is 22.7 Å². The van der Waals surface area contributed by atoms with Gasteiger partial charge in [-0.15, -0.1) is 0 Å². The molecule has 7 heteroatoms. The van der Waals surface area contributed by atoms with Gasteiger partial charge < -0.3 is 15.0 Å². The van der Waals surface area contributed by atoms with Crippen molar-refractivity contribution in [1.82, 2.24) is 9.97 Å². The summed E-state index contributed by atoms with van der Waals surface area (Å²) in [6.45, 7) is 1.47. The van der Waals surface area contributed by atoms with Crippen LogP contribution in [-0.2, 0) is 4.74 Å². The summed E-state index contributed by atoms with van der Waals surface area (Å²) in [5.74, 6) is 0.631. The molecule has 0 amide bonds. The van der Waals surface area contributed by atoms with Gasteiger partial charge in [0.15, 0.2) is 0 Å². The Bertz CT molecular complexity index is 604. The Morgan fingerprint density at radius 3 is 3.16 bits per heavy atom. The van der Waals surface area contributed by atoms with Crippen LogP contribution < -0.4 is 5.32 Å². The van der Waals surface area contributed by atoms with Crippen LogP contribution in [0.3, 0.4) is 0 Å². The van der Waals surface area contributed by atoms with Crippen molar-refractivity contribution in [1.29, 1.82) is 0 Å². The van der Waals surface area contributed by atoms with Crippen LogP contribution in [0.5, 0.6) is 0 Å². The van der Waals surface area contributed by atoms with E-state index in [1.54, 1.807) is 6.07 Å². The lowest BCUT2D eigenvalue weighted by Crippen LogP contribution is -2.30. The van der Waals surface area contributed by atoms with Gasteiger partial charge in [0.1, 0.15) is 0 Å². The summed E-state index contributed by atoms with van der Waals surface area (Å²) >= 11 is 0. The number of nitro groups is 1. The van der Waals surface area contributed by atoms with Gasteiger partial charge in [-0.05, 0) is 18.9 Å². The van der Waals surface area contributed by atoms with E-state index in [4.69, 9.17) is 4.74 Å². The number of aromatic nitrogens is 2. The van der Waals surface area contributed by atoms with E-state index in [0.29, 0.717) is 23.6 Å². The Balaban J connectivity index is 1.82. The summed E-state index contributed by atoms with van der Waals surface area (Å²) in [4.78, 5) is 17.7. The number of nitro benzene ring substituents is 1. The van der Waals surface area contributed by atoms with Gasteiger partial charge in [0.2, 0.25) is 5.95 Å². The molecule has 1 atom stereocenters. The zero-order chi connectivity index (χ0) is 13.2. The third-order valence-electron chi connectivity index (χ3n) is 3.18. The quantitative estimate of drug-likeness (QED) is 0.652. The Morgan fingerprint density at radius 2 is 2.42 bits per heavy atom. The van der Waals surface area contributed by atoms with Crippen LogP contribution >= 0.6 is 0 Å². The van der Waals surface area contributed by atoms with Crippen LogP contribution in [0.4, 0.5) is 11.6 Å². The Morgan fingerprint density at radius 1 is 1.53 bits per heavy atom. The minimum Gasteiger partial charge on any atom is -0.379 e. The number of nitrogens with one attached hydrogen (secondary N) is 2. The molecular weight excluding hydrogens is 248 g/mol. The van der Waals surface area contributed by atoms with E-state index in [1.165, 1.54) is 12.1 Å². The van der Waals surface area contributed by atoms with Crippen LogP contribution in [-0.4, -0.2) is 34.1 Å². The van der Waals surface area contributed by atoms with E-state index in [-0.39, 0.29) is 11.7 Å². The number of nitrogens with zero attached hydrogens (tertiary/aromatic N) is 2. The lowest BCUT2D eigenvalue weighted by atomic mass is 10.1. The molecule has 0 radical (unpaired) electrons. The number of aromatic amines is 1. The number of benzene rings is 1. The number of anilines is 1. The maximum Gasteiger partial charge on any atom is 0.271 e. The summed E-state index contributed by atoms with van der Waals surface area (Å²) in [5, 5.41) is 14.0. The van der Waals surface area contributed by atoms with Gasteiger partial charge in [-0.25, -0.2) is 4.98 Å². The minimum absolute atomic E-state index is 0.0590. The molecule has 1 unspecified atom stereocenters. The maximum atomic E-state index is 10.7. The zero-order valence-electron chi connectivity index (χ0n) is 10.3. The first-order valence-electron chi connectivity index (χ1n) is 6.21. The molecule has 1 aliphatic heterocycles. The van der Waals surface area contributed by atoms with Gasteiger partial charge >= 0.3 is 0 Å². The standard InChI is InChI=1S/C12H14N4O3/c17-16(18)9-3-4-10-11(6-9)15-12(14-10)13-8-2-1-5-19-7-8/h3-4,6,8H,1-2,5,7H2,(H2,13,14,15). The molecule has 3 rings (SSSR count). The van der Waals surface area contributed by atoms with E-state index in [2.05, 4.69) is 15.3 Å². The predicted molar refractivity (Wildman–Crippen MR) is 70.2 cm³/mol. The third kappa shape index (κ3) is 2.50. The molecule has 2 aromatic rings. The second-order valence-electron chi connectivity index (χ2n) is 4.60. The van der Waals surface area contributed by atoms with E-state index < -0.39 is 4.92 Å². The molecule has 1 aromatic heterocycles. The molecule has 100 valence electrons. The molecule has 0 saturated carbocycles. The summed E-state index contributed by atoms with van der Waals surface area (Å²) < 4.78 is 5.39. The monoisotopic (exact) mass is 262 g/mol. The fourth-order valence-corrected chi connectivity index (χ4v) is 2.23. The van der Waals surface area contributed by atoms with Gasteiger partial charge in [-0.3, -0.25) is 10.1 Å². The fourth-order valence-electron chi connectivity index (χ4n) is 2.23. The van der Waals surface area contributed by atoms with Crippen LogP contribution in [0.1, 0.15) is 12.8 Å². The number of imidazole rings is 1. The van der Waals surface area contributed by atoms with Crippen LogP contribution in [0.2, 0.25) is 0 Å². The van der Waals surface area contributed by atoms with Crippen molar-refractivity contribution in [3.63, 3.8) is 0 Å². The zero-order valence-corrected chi connectivity index (χ0v) is 10.3. The molecule has 0 aliphatic carbocycles. The molecule has 0 bridgehead atoms. The first-order valence-corrected chi connectivity index (χ1v) is 6.21. The topological polar surface area (TPSA) is 93.1 Å². The average Bonchev–Trinajstić information content (AvgIpc) is 2.80. The molecule has 2 heterocycles.